The normalized spacial score (nSPS) is 21.5. The molecule has 0 aliphatic carbocycles. The molecule has 1 saturated heterocycles. The van der Waals surface area contributed by atoms with E-state index in [9.17, 15) is 15.0 Å². The molecule has 2 N–H and O–H groups in total. The van der Waals surface area contributed by atoms with Crippen LogP contribution in [-0.4, -0.2) is 46.5 Å². The van der Waals surface area contributed by atoms with Crippen molar-refractivity contribution >= 4 is 22.0 Å². The van der Waals surface area contributed by atoms with E-state index < -0.39 is 5.60 Å². The minimum absolute atomic E-state index is 0.0368. The molecular weight excluding hydrogens is 362 g/mol. The zero-order valence-electron chi connectivity index (χ0n) is 13.8. The highest BCUT2D eigenvalue weighted by Crippen LogP contribution is 2.42. The van der Waals surface area contributed by atoms with Gasteiger partial charge in [0.2, 0.25) is 0 Å². The molecule has 1 heterocycles. The van der Waals surface area contributed by atoms with Gasteiger partial charge in [-0.15, -0.1) is 0 Å². The number of benzene rings is 1. The topological polar surface area (TPSA) is 70.0 Å². The van der Waals surface area contributed by atoms with Gasteiger partial charge in [0.15, 0.2) is 0 Å². The number of phenolic OH excluding ortho intramolecular Hbond substituents is 1. The van der Waals surface area contributed by atoms with Crippen LogP contribution in [0.15, 0.2) is 22.7 Å². The van der Waals surface area contributed by atoms with Gasteiger partial charge >= 0.3 is 6.09 Å². The van der Waals surface area contributed by atoms with Gasteiger partial charge in [-0.05, 0) is 45.2 Å². The average molecular weight is 386 g/mol. The van der Waals surface area contributed by atoms with Crippen LogP contribution >= 0.6 is 15.9 Å². The van der Waals surface area contributed by atoms with Crippen molar-refractivity contribution in [2.45, 2.75) is 38.7 Å². The van der Waals surface area contributed by atoms with E-state index in [0.717, 1.165) is 10.0 Å². The third kappa shape index (κ3) is 4.38. The second kappa shape index (κ2) is 7.09. The molecule has 6 heteroatoms. The molecule has 5 nitrogen and oxygen atoms in total. The molecule has 0 saturated carbocycles. The van der Waals surface area contributed by atoms with Gasteiger partial charge in [-0.3, -0.25) is 0 Å². The molecule has 23 heavy (non-hydrogen) atoms. The number of amides is 1. The summed E-state index contributed by atoms with van der Waals surface area (Å²) in [5, 5.41) is 19.6. The van der Waals surface area contributed by atoms with Crippen LogP contribution in [0.2, 0.25) is 0 Å². The zero-order chi connectivity index (χ0) is 17.2. The molecule has 1 aliphatic rings. The van der Waals surface area contributed by atoms with Crippen molar-refractivity contribution in [1.29, 1.82) is 0 Å². The van der Waals surface area contributed by atoms with Crippen LogP contribution in [0.5, 0.6) is 5.75 Å². The monoisotopic (exact) mass is 385 g/mol. The van der Waals surface area contributed by atoms with Gasteiger partial charge in [0.1, 0.15) is 11.4 Å². The Balaban J connectivity index is 2.23. The molecule has 1 fully saturated rings. The number of ether oxygens (including phenoxy) is 1. The predicted octanol–water partition coefficient (Wildman–Crippen LogP) is 3.49. The van der Waals surface area contributed by atoms with E-state index in [4.69, 9.17) is 4.74 Å². The molecule has 2 rings (SSSR count). The summed E-state index contributed by atoms with van der Waals surface area (Å²) in [5.41, 5.74) is 0.244. The Morgan fingerprint density at radius 3 is 2.65 bits per heavy atom. The van der Waals surface area contributed by atoms with E-state index in [-0.39, 0.29) is 30.3 Å². The second-order valence-corrected chi connectivity index (χ2v) is 7.79. The van der Waals surface area contributed by atoms with E-state index in [1.54, 1.807) is 17.0 Å². The Morgan fingerprint density at radius 1 is 1.39 bits per heavy atom. The van der Waals surface area contributed by atoms with Gasteiger partial charge in [-0.1, -0.05) is 22.0 Å². The van der Waals surface area contributed by atoms with E-state index in [0.29, 0.717) is 19.5 Å². The zero-order valence-corrected chi connectivity index (χ0v) is 15.3. The first-order valence-electron chi connectivity index (χ1n) is 7.79. The Labute approximate surface area is 145 Å². The molecule has 1 aromatic rings. The number of hydrogen-bond donors (Lipinski definition) is 2. The number of phenols is 1. The molecule has 0 aromatic heterocycles. The number of likely N-dealkylation sites (tertiary alicyclic amines) is 1. The summed E-state index contributed by atoms with van der Waals surface area (Å²) in [6, 6.07) is 5.29. The average Bonchev–Trinajstić information content (AvgIpc) is 2.81. The number of aliphatic hydroxyl groups is 1. The molecule has 1 amide bonds. The highest BCUT2D eigenvalue weighted by atomic mass is 79.9. The van der Waals surface area contributed by atoms with Crippen molar-refractivity contribution in [2.24, 2.45) is 5.92 Å². The standard InChI is InChI=1S/C17H24BrNO4/c1-17(2,3)23-16(22)19-9-11(7-8-20)12(10-19)15-13(18)5-4-6-14(15)21/h4-6,11-12,20-21H,7-10H2,1-3H3. The maximum atomic E-state index is 12.3. The SMILES string of the molecule is CC(C)(C)OC(=O)N1CC(CCO)C(c2c(O)cccc2Br)C1. The maximum absolute atomic E-state index is 12.3. The van der Waals surface area contributed by atoms with Crippen LogP contribution < -0.4 is 0 Å². The number of carbonyl (C=O) groups is 1. The van der Waals surface area contributed by atoms with Crippen LogP contribution in [0.4, 0.5) is 4.79 Å². The predicted molar refractivity (Wildman–Crippen MR) is 91.5 cm³/mol. The van der Waals surface area contributed by atoms with E-state index in [1.165, 1.54) is 0 Å². The summed E-state index contributed by atoms with van der Waals surface area (Å²) >= 11 is 3.48. The maximum Gasteiger partial charge on any atom is 0.410 e. The molecule has 0 radical (unpaired) electrons. The number of carbonyl (C=O) groups excluding carboxylic acids is 1. The van der Waals surface area contributed by atoms with Gasteiger partial charge in [0.25, 0.3) is 0 Å². The minimum atomic E-state index is -0.545. The molecule has 1 aliphatic heterocycles. The van der Waals surface area contributed by atoms with Gasteiger partial charge in [-0.25, -0.2) is 4.79 Å². The largest absolute Gasteiger partial charge is 0.508 e. The lowest BCUT2D eigenvalue weighted by Gasteiger charge is -2.24. The summed E-state index contributed by atoms with van der Waals surface area (Å²) in [6.45, 7) is 6.54. The van der Waals surface area contributed by atoms with Gasteiger partial charge in [0, 0.05) is 35.7 Å². The molecular formula is C17H24BrNO4. The molecule has 128 valence electrons. The number of aromatic hydroxyl groups is 1. The lowest BCUT2D eigenvalue weighted by molar-refractivity contribution is 0.0284. The van der Waals surface area contributed by atoms with Crippen molar-refractivity contribution in [3.8, 4) is 5.75 Å². The van der Waals surface area contributed by atoms with Crippen LogP contribution in [0, 0.1) is 5.92 Å². The first-order valence-corrected chi connectivity index (χ1v) is 8.58. The summed E-state index contributed by atoms with van der Waals surface area (Å²) in [6.07, 6.45) is 0.222. The fourth-order valence-electron chi connectivity index (χ4n) is 3.02. The van der Waals surface area contributed by atoms with Crippen LogP contribution in [0.1, 0.15) is 38.7 Å². The molecule has 0 bridgehead atoms. The summed E-state index contributed by atoms with van der Waals surface area (Å²) in [5.74, 6) is 0.251. The third-order valence-corrected chi connectivity index (χ3v) is 4.68. The number of halogens is 1. The van der Waals surface area contributed by atoms with E-state index in [1.807, 2.05) is 26.8 Å². The molecule has 2 unspecified atom stereocenters. The summed E-state index contributed by atoms with van der Waals surface area (Å²) in [4.78, 5) is 14.0. The quantitative estimate of drug-likeness (QED) is 0.835. The van der Waals surface area contributed by atoms with Crippen LogP contribution in [0.25, 0.3) is 0 Å². The summed E-state index contributed by atoms with van der Waals surface area (Å²) in [7, 11) is 0. The van der Waals surface area contributed by atoms with Gasteiger partial charge in [0.05, 0.1) is 0 Å². The van der Waals surface area contributed by atoms with Crippen molar-refractivity contribution in [3.05, 3.63) is 28.2 Å². The smallest absolute Gasteiger partial charge is 0.410 e. The molecule has 2 atom stereocenters. The fraction of sp³-hybridized carbons (Fsp3) is 0.588. The highest BCUT2D eigenvalue weighted by Gasteiger charge is 2.39. The molecule has 1 aromatic carbocycles. The highest BCUT2D eigenvalue weighted by molar-refractivity contribution is 9.10. The fourth-order valence-corrected chi connectivity index (χ4v) is 3.67. The third-order valence-electron chi connectivity index (χ3n) is 3.99. The lowest BCUT2D eigenvalue weighted by atomic mass is 9.86. The first kappa shape index (κ1) is 18.1. The van der Waals surface area contributed by atoms with Crippen LogP contribution in [-0.2, 0) is 4.74 Å². The van der Waals surface area contributed by atoms with Crippen molar-refractivity contribution < 1.29 is 19.7 Å². The first-order chi connectivity index (χ1) is 10.7. The Morgan fingerprint density at radius 2 is 2.09 bits per heavy atom. The van der Waals surface area contributed by atoms with Crippen molar-refractivity contribution in [3.63, 3.8) is 0 Å². The number of hydrogen-bond acceptors (Lipinski definition) is 4. The van der Waals surface area contributed by atoms with Crippen molar-refractivity contribution in [1.82, 2.24) is 4.90 Å². The van der Waals surface area contributed by atoms with Crippen LogP contribution in [0.3, 0.4) is 0 Å². The van der Waals surface area contributed by atoms with E-state index >= 15 is 0 Å². The van der Waals surface area contributed by atoms with Crippen molar-refractivity contribution in [2.75, 3.05) is 19.7 Å². The van der Waals surface area contributed by atoms with Gasteiger partial charge in [-0.2, -0.15) is 0 Å². The Hall–Kier alpha value is -1.27. The Bertz CT molecular complexity index is 550. The summed E-state index contributed by atoms with van der Waals surface area (Å²) < 4.78 is 6.26. The molecule has 0 spiro atoms. The Kier molecular flexibility index (Phi) is 5.57. The van der Waals surface area contributed by atoms with Gasteiger partial charge < -0.3 is 19.8 Å². The lowest BCUT2D eigenvalue weighted by Crippen LogP contribution is -2.35. The number of aliphatic hydroxyl groups excluding tert-OH is 1. The number of rotatable bonds is 3. The number of nitrogens with zero attached hydrogens (tertiary/aromatic N) is 1. The minimum Gasteiger partial charge on any atom is -0.508 e. The van der Waals surface area contributed by atoms with E-state index in [2.05, 4.69) is 15.9 Å². The second-order valence-electron chi connectivity index (χ2n) is 6.94.